The molecule has 0 radical (unpaired) electrons. The van der Waals surface area contributed by atoms with Crippen molar-refractivity contribution in [3.63, 3.8) is 0 Å². The van der Waals surface area contributed by atoms with Gasteiger partial charge in [-0.1, -0.05) is 0 Å². The predicted octanol–water partition coefficient (Wildman–Crippen LogP) is -6.51. The molecule has 66 valence electrons. The summed E-state index contributed by atoms with van der Waals surface area (Å²) in [4.78, 5) is 0. The van der Waals surface area contributed by atoms with E-state index in [4.69, 9.17) is 34.4 Å². The Hall–Kier alpha value is 0.760. The van der Waals surface area contributed by atoms with Gasteiger partial charge in [-0.25, -0.2) is 0 Å². The van der Waals surface area contributed by atoms with Gasteiger partial charge in [-0.15, -0.1) is 0 Å². The van der Waals surface area contributed by atoms with Crippen molar-refractivity contribution in [2.45, 2.75) is 12.3 Å². The van der Waals surface area contributed by atoms with Crippen molar-refractivity contribution in [3.05, 3.63) is 0 Å². The Morgan fingerprint density at radius 1 is 0.818 bits per heavy atom. The Kier molecular flexibility index (Phi) is 21.5. The van der Waals surface area contributed by atoms with Crippen LogP contribution in [-0.4, -0.2) is 25.4 Å². The van der Waals surface area contributed by atoms with Crippen LogP contribution in [0.2, 0.25) is 0 Å². The monoisotopic (exact) mass is 174 g/mol. The molecule has 0 saturated heterocycles. The zero-order chi connectivity index (χ0) is 8.57. The van der Waals surface area contributed by atoms with Crippen molar-refractivity contribution >= 4 is 0 Å². The molecule has 0 bridgehead atoms. The number of hydrogen-bond donors (Lipinski definition) is 6. The minimum Gasteiger partial charge on any atom is -1.00 e. The summed E-state index contributed by atoms with van der Waals surface area (Å²) in [5.41, 5.74) is 29.6. The first-order valence-corrected chi connectivity index (χ1v) is 2.97. The third-order valence-electron chi connectivity index (χ3n) is 0.544. The van der Waals surface area contributed by atoms with Crippen LogP contribution in [0, 0.1) is 0 Å². The second-order valence-electron chi connectivity index (χ2n) is 1.80. The summed E-state index contributed by atoms with van der Waals surface area (Å²) in [6.07, 6.45) is -0.676. The average Bonchev–Trinajstić information content (AvgIpc) is 1.89. The number of rotatable bonds is 2. The third kappa shape index (κ3) is 36.4. The molecule has 0 aliphatic carbocycles. The van der Waals surface area contributed by atoms with E-state index in [9.17, 15) is 0 Å². The molecule has 0 fully saturated rings. The van der Waals surface area contributed by atoms with Crippen LogP contribution >= 0.6 is 0 Å². The summed E-state index contributed by atoms with van der Waals surface area (Å²) in [5, 5.41) is 0. The van der Waals surface area contributed by atoms with Gasteiger partial charge in [0, 0.05) is 13.1 Å². The Bertz CT molecular complexity index is 55.5. The van der Waals surface area contributed by atoms with Crippen LogP contribution in [0.15, 0.2) is 0 Å². The van der Waals surface area contributed by atoms with Gasteiger partial charge in [-0.2, -0.15) is 0 Å². The van der Waals surface area contributed by atoms with Gasteiger partial charge in [0.1, 0.15) is 0 Å². The molecular formula is C4H19N6Na. The molecule has 0 heterocycles. The van der Waals surface area contributed by atoms with Crippen LogP contribution in [0.4, 0.5) is 0 Å². The van der Waals surface area contributed by atoms with Crippen molar-refractivity contribution in [3.8, 4) is 0 Å². The summed E-state index contributed by atoms with van der Waals surface area (Å²) >= 11 is 0. The maximum absolute atomic E-state index is 4.94. The van der Waals surface area contributed by atoms with E-state index >= 15 is 0 Å². The van der Waals surface area contributed by atoms with Crippen LogP contribution in [0.5, 0.6) is 0 Å². The van der Waals surface area contributed by atoms with Gasteiger partial charge < -0.3 is 35.8 Å². The van der Waals surface area contributed by atoms with Gasteiger partial charge in [0.2, 0.25) is 0 Å². The van der Waals surface area contributed by atoms with E-state index < -0.39 is 0 Å². The van der Waals surface area contributed by atoms with E-state index in [1.165, 1.54) is 0 Å². The van der Waals surface area contributed by atoms with E-state index in [0.29, 0.717) is 13.1 Å². The molecule has 0 aromatic rings. The molecule has 0 amide bonds. The molecule has 0 aliphatic heterocycles. The van der Waals surface area contributed by atoms with E-state index in [2.05, 4.69) is 0 Å². The fourth-order valence-corrected chi connectivity index (χ4v) is 0. The minimum atomic E-state index is -0.338. The van der Waals surface area contributed by atoms with Gasteiger partial charge in [-0.05, 0) is 0 Å². The summed E-state index contributed by atoms with van der Waals surface area (Å²) in [6, 6.07) is 0. The van der Waals surface area contributed by atoms with E-state index in [1.54, 1.807) is 0 Å². The van der Waals surface area contributed by atoms with Gasteiger partial charge in [0.15, 0.2) is 0 Å². The largest absolute Gasteiger partial charge is 1.00 e. The summed E-state index contributed by atoms with van der Waals surface area (Å²) < 4.78 is 0. The van der Waals surface area contributed by atoms with Gasteiger partial charge in [0.05, 0.1) is 12.3 Å². The summed E-state index contributed by atoms with van der Waals surface area (Å²) in [5.74, 6) is 0. The standard InChI is InChI=1S/2C2H9N3.Na.H/c2*3-1-2(4)5;;/h2*2H,1,3-5H2;;/q;;+1;-1. The molecule has 11 heavy (non-hydrogen) atoms. The molecule has 6 nitrogen and oxygen atoms in total. The first kappa shape index (κ1) is 17.7. The molecule has 7 heteroatoms. The van der Waals surface area contributed by atoms with E-state index in [0.717, 1.165) is 0 Å². The maximum atomic E-state index is 4.94. The van der Waals surface area contributed by atoms with Crippen molar-refractivity contribution in [1.29, 1.82) is 0 Å². The Morgan fingerprint density at radius 2 is 0.909 bits per heavy atom. The molecule has 0 unspecified atom stereocenters. The summed E-state index contributed by atoms with van der Waals surface area (Å²) in [7, 11) is 0. The topological polar surface area (TPSA) is 156 Å². The quantitative estimate of drug-likeness (QED) is 0.180. The zero-order valence-corrected chi connectivity index (χ0v) is 9.03. The van der Waals surface area contributed by atoms with Gasteiger partial charge in [0.25, 0.3) is 0 Å². The SMILES string of the molecule is NCC(N)N.NCC(N)N.[H-].[Na+]. The molecule has 0 rings (SSSR count). The van der Waals surface area contributed by atoms with Crippen molar-refractivity contribution in [2.75, 3.05) is 13.1 Å². The summed E-state index contributed by atoms with van der Waals surface area (Å²) in [6.45, 7) is 0.722. The number of nitrogens with two attached hydrogens (primary N) is 6. The van der Waals surface area contributed by atoms with Crippen LogP contribution < -0.4 is 64.0 Å². The predicted molar refractivity (Wildman–Crippen MR) is 43.5 cm³/mol. The van der Waals surface area contributed by atoms with Crippen LogP contribution in [0.3, 0.4) is 0 Å². The average molecular weight is 174 g/mol. The fraction of sp³-hybridized carbons (Fsp3) is 1.00. The van der Waals surface area contributed by atoms with Crippen molar-refractivity contribution in [2.24, 2.45) is 34.4 Å². The second-order valence-corrected chi connectivity index (χ2v) is 1.80. The molecule has 12 N–H and O–H groups in total. The van der Waals surface area contributed by atoms with Gasteiger partial charge >= 0.3 is 29.6 Å². The Balaban J connectivity index is -0.0000000457. The van der Waals surface area contributed by atoms with E-state index in [-0.39, 0.29) is 43.3 Å². The van der Waals surface area contributed by atoms with Crippen molar-refractivity contribution < 1.29 is 31.0 Å². The Labute approximate surface area is 90.8 Å². The van der Waals surface area contributed by atoms with Gasteiger partial charge in [-0.3, -0.25) is 0 Å². The fourth-order valence-electron chi connectivity index (χ4n) is 0. The molecule has 0 aromatic carbocycles. The van der Waals surface area contributed by atoms with Crippen molar-refractivity contribution in [1.82, 2.24) is 0 Å². The van der Waals surface area contributed by atoms with Crippen LogP contribution in [-0.2, 0) is 0 Å². The molecule has 0 aromatic heterocycles. The maximum Gasteiger partial charge on any atom is 1.00 e. The molecular weight excluding hydrogens is 155 g/mol. The first-order chi connectivity index (χ1) is 4.54. The molecule has 0 spiro atoms. The van der Waals surface area contributed by atoms with E-state index in [1.807, 2.05) is 0 Å². The first-order valence-electron chi connectivity index (χ1n) is 2.97. The normalized spacial score (nSPS) is 8.73. The number of hydrogen-bond acceptors (Lipinski definition) is 6. The second kappa shape index (κ2) is 13.4. The Morgan fingerprint density at radius 3 is 0.909 bits per heavy atom. The smallest absolute Gasteiger partial charge is 1.00 e. The van der Waals surface area contributed by atoms with Crippen LogP contribution in [0.25, 0.3) is 0 Å². The molecule has 0 atom stereocenters. The minimum absolute atomic E-state index is 0. The molecule has 0 aliphatic rings. The third-order valence-corrected chi connectivity index (χ3v) is 0.544. The molecule has 0 saturated carbocycles. The zero-order valence-electron chi connectivity index (χ0n) is 8.03. The van der Waals surface area contributed by atoms with Crippen LogP contribution in [0.1, 0.15) is 1.43 Å².